The van der Waals surface area contributed by atoms with Crippen LogP contribution in [0.2, 0.25) is 0 Å². The number of ether oxygens (including phenoxy) is 6. The van der Waals surface area contributed by atoms with Crippen molar-refractivity contribution in [3.63, 3.8) is 0 Å². The Bertz CT molecular complexity index is 2190. The van der Waals surface area contributed by atoms with Crippen molar-refractivity contribution in [2.75, 3.05) is 39.8 Å². The van der Waals surface area contributed by atoms with Gasteiger partial charge < -0.3 is 43.8 Å². The zero-order valence-corrected chi connectivity index (χ0v) is 32.7. The van der Waals surface area contributed by atoms with Gasteiger partial charge in [0.25, 0.3) is 0 Å². The van der Waals surface area contributed by atoms with E-state index in [-0.39, 0.29) is 18.0 Å². The highest BCUT2D eigenvalue weighted by Gasteiger charge is 2.61. The smallest absolute Gasteiger partial charge is 0.372 e. The van der Waals surface area contributed by atoms with Gasteiger partial charge in [0.1, 0.15) is 35.6 Å². The van der Waals surface area contributed by atoms with E-state index in [2.05, 4.69) is 4.98 Å². The van der Waals surface area contributed by atoms with Crippen molar-refractivity contribution in [1.29, 1.82) is 0 Å². The number of nitrogens with zero attached hydrogens (tertiary/aromatic N) is 2. The molecule has 0 saturated carbocycles. The van der Waals surface area contributed by atoms with Gasteiger partial charge in [-0.15, -0.1) is 0 Å². The molecule has 0 spiro atoms. The van der Waals surface area contributed by atoms with Crippen LogP contribution in [-0.2, 0) is 43.0 Å². The van der Waals surface area contributed by atoms with Crippen LogP contribution < -0.4 is 20.9 Å². The Hall–Kier alpha value is -5.87. The molecule has 17 heteroatoms. The fraction of sp³-hybridized carbons (Fsp3) is 0.268. The van der Waals surface area contributed by atoms with Crippen LogP contribution in [0.1, 0.15) is 40.2 Å². The fourth-order valence-electron chi connectivity index (χ4n) is 6.54. The number of nitrogen functional groups attached to an aromatic ring is 1. The number of benzene rings is 4. The molecule has 6 rings (SSSR count). The van der Waals surface area contributed by atoms with E-state index in [1.807, 2.05) is 54.6 Å². The summed E-state index contributed by atoms with van der Waals surface area (Å²) in [5, 5.41) is 12.7. The van der Waals surface area contributed by atoms with E-state index in [0.717, 1.165) is 4.57 Å². The summed E-state index contributed by atoms with van der Waals surface area (Å²) < 4.78 is 60.7. The topological polar surface area (TPSA) is 206 Å². The van der Waals surface area contributed by atoms with Crippen molar-refractivity contribution in [3.8, 4) is 11.5 Å². The van der Waals surface area contributed by atoms with Crippen LogP contribution in [0.5, 0.6) is 11.5 Å². The van der Waals surface area contributed by atoms with Crippen LogP contribution in [0, 0.1) is 0 Å². The Kier molecular flexibility index (Phi) is 13.4. The molecule has 0 amide bonds. The molecule has 58 heavy (non-hydrogen) atoms. The third-order valence-electron chi connectivity index (χ3n) is 9.30. The van der Waals surface area contributed by atoms with Crippen LogP contribution >= 0.6 is 8.25 Å². The van der Waals surface area contributed by atoms with E-state index in [9.17, 15) is 24.1 Å². The molecular weight excluding hydrogens is 773 g/mol. The van der Waals surface area contributed by atoms with Crippen LogP contribution in [0.4, 0.5) is 5.82 Å². The number of hydrogen-bond donors (Lipinski definition) is 2. The van der Waals surface area contributed by atoms with Gasteiger partial charge in [0.05, 0.1) is 33.0 Å². The molecule has 0 bridgehead atoms. The number of hydrogen-bond acceptors (Lipinski definition) is 15. The number of aromatic nitrogens is 2. The Balaban J connectivity index is 1.47. The average molecular weight is 816 g/mol. The first kappa shape index (κ1) is 41.8. The number of esters is 1. The van der Waals surface area contributed by atoms with Crippen molar-refractivity contribution in [1.82, 2.24) is 9.55 Å². The molecule has 3 N–H and O–H groups in total. The van der Waals surface area contributed by atoms with Gasteiger partial charge in [-0.3, -0.25) is 9.09 Å². The quantitative estimate of drug-likeness (QED) is 0.0567. The molecule has 0 radical (unpaired) electrons. The number of methoxy groups -OCH3 is 2. The van der Waals surface area contributed by atoms with Gasteiger partial charge in [0.2, 0.25) is 5.79 Å². The van der Waals surface area contributed by atoms with Gasteiger partial charge in [-0.2, -0.15) is 4.98 Å². The third-order valence-corrected chi connectivity index (χ3v) is 10.1. The molecule has 1 aliphatic rings. The third kappa shape index (κ3) is 8.97. The lowest BCUT2D eigenvalue weighted by molar-refractivity contribution is -0.234. The number of carbonyl (C=O) groups excluding carboxylic acids is 2. The van der Waals surface area contributed by atoms with E-state index in [1.165, 1.54) is 24.4 Å². The average Bonchev–Trinajstić information content (AvgIpc) is 3.50. The SMILES string of the molecule is CCOC(=O)CO[C@H]1[C@H](n2ccc(N)nc2=O)O[C@H](COC(c2ccccc2)(c2ccc(OC)cc2)c2ccc(OC)cc2)[C@@]1(O)O[PH](=O)OC(=O)c1ccccc1. The van der Waals surface area contributed by atoms with Gasteiger partial charge >= 0.3 is 25.9 Å². The standard InChI is InChI=1S/C41H42N3O13P/c1-4-52-35(45)26-53-36-37(44-24-23-34(42)43-39(44)47)55-33(41(36,48)57-58(49)56-38(46)27-11-7-5-8-12-27)25-54-40(28-13-9-6-10-14-28,29-15-19-31(50-2)20-16-29)30-17-21-32(51-3)22-18-30/h5-24,33,36-37,48,58H,4,25-26H2,1-3H3,(H2,42,43,47)/t33-,36+,37-,41-/m1/s1. The molecule has 0 aliphatic carbocycles. The van der Waals surface area contributed by atoms with Gasteiger partial charge in [-0.1, -0.05) is 72.8 Å². The zero-order chi connectivity index (χ0) is 41.3. The molecule has 1 fully saturated rings. The van der Waals surface area contributed by atoms with Crippen molar-refractivity contribution in [2.24, 2.45) is 0 Å². The first-order chi connectivity index (χ1) is 28.0. The van der Waals surface area contributed by atoms with Crippen LogP contribution in [0.15, 0.2) is 126 Å². The second-order valence-electron chi connectivity index (χ2n) is 12.8. The Morgan fingerprint density at radius 1 is 0.879 bits per heavy atom. The van der Waals surface area contributed by atoms with E-state index in [4.69, 9.17) is 43.2 Å². The predicted octanol–water partition coefficient (Wildman–Crippen LogP) is 4.65. The molecule has 1 unspecified atom stereocenters. The summed E-state index contributed by atoms with van der Waals surface area (Å²) in [6, 6.07) is 32.5. The first-order valence-electron chi connectivity index (χ1n) is 18.0. The lowest BCUT2D eigenvalue weighted by atomic mass is 9.80. The zero-order valence-electron chi connectivity index (χ0n) is 31.7. The highest BCUT2D eigenvalue weighted by atomic mass is 31.1. The van der Waals surface area contributed by atoms with Crippen molar-refractivity contribution >= 4 is 26.0 Å². The highest BCUT2D eigenvalue weighted by Crippen LogP contribution is 2.48. The summed E-state index contributed by atoms with van der Waals surface area (Å²) in [6.07, 6.45) is -3.88. The van der Waals surface area contributed by atoms with Crippen LogP contribution in [0.25, 0.3) is 0 Å². The number of rotatable bonds is 17. The second kappa shape index (κ2) is 18.6. The minimum atomic E-state index is -3.97. The lowest BCUT2D eigenvalue weighted by Crippen LogP contribution is -2.53. The van der Waals surface area contributed by atoms with Gasteiger partial charge in [0.15, 0.2) is 12.3 Å². The molecule has 1 aromatic heterocycles. The van der Waals surface area contributed by atoms with Crippen LogP contribution in [0.3, 0.4) is 0 Å². The van der Waals surface area contributed by atoms with Crippen molar-refractivity contribution in [2.45, 2.75) is 36.7 Å². The van der Waals surface area contributed by atoms with Gasteiger partial charge in [-0.25, -0.2) is 18.9 Å². The van der Waals surface area contributed by atoms with Gasteiger partial charge in [0, 0.05) is 6.20 Å². The van der Waals surface area contributed by atoms with E-state index in [0.29, 0.717) is 28.2 Å². The molecule has 1 aliphatic heterocycles. The molecule has 304 valence electrons. The number of nitrogens with two attached hydrogens (primary N) is 1. The molecule has 5 atom stereocenters. The summed E-state index contributed by atoms with van der Waals surface area (Å²) in [5.41, 5.74) is 5.32. The molecule has 16 nitrogen and oxygen atoms in total. The number of aliphatic hydroxyl groups is 1. The normalized spacial score (nSPS) is 19.6. The maximum Gasteiger partial charge on any atom is 0.372 e. The van der Waals surface area contributed by atoms with E-state index < -0.39 is 68.9 Å². The minimum Gasteiger partial charge on any atom is -0.497 e. The summed E-state index contributed by atoms with van der Waals surface area (Å²) in [4.78, 5) is 42.6. The molecule has 1 saturated heterocycles. The first-order valence-corrected chi connectivity index (χ1v) is 19.2. The maximum atomic E-state index is 13.7. The summed E-state index contributed by atoms with van der Waals surface area (Å²) in [5.74, 6) is -3.67. The van der Waals surface area contributed by atoms with Crippen LogP contribution in [-0.4, -0.2) is 78.6 Å². The Morgan fingerprint density at radius 2 is 1.45 bits per heavy atom. The minimum absolute atomic E-state index is 0.00674. The molecule has 5 aromatic rings. The Morgan fingerprint density at radius 3 is 2.00 bits per heavy atom. The summed E-state index contributed by atoms with van der Waals surface area (Å²) in [6.45, 7) is 0.250. The second-order valence-corrected chi connectivity index (χ2v) is 13.7. The van der Waals surface area contributed by atoms with E-state index >= 15 is 0 Å². The van der Waals surface area contributed by atoms with Crippen molar-refractivity contribution in [3.05, 3.63) is 154 Å². The maximum absolute atomic E-state index is 13.7. The monoisotopic (exact) mass is 815 g/mol. The predicted molar refractivity (Wildman–Crippen MR) is 208 cm³/mol. The fourth-order valence-corrected chi connectivity index (χ4v) is 7.36. The van der Waals surface area contributed by atoms with Gasteiger partial charge in [-0.05, 0) is 66.1 Å². The summed E-state index contributed by atoms with van der Waals surface area (Å²) >= 11 is 0. The molecule has 2 heterocycles. The number of anilines is 1. The molecular formula is C41H42N3O13P. The van der Waals surface area contributed by atoms with Crippen molar-refractivity contribution < 1.29 is 56.7 Å². The van der Waals surface area contributed by atoms with E-state index in [1.54, 1.807) is 63.6 Å². The highest BCUT2D eigenvalue weighted by molar-refractivity contribution is 7.34. The lowest BCUT2D eigenvalue weighted by Gasteiger charge is -2.38. The largest absolute Gasteiger partial charge is 0.497 e. The molecule has 4 aromatic carbocycles. The summed E-state index contributed by atoms with van der Waals surface area (Å²) in [7, 11) is -0.884. The number of carbonyl (C=O) groups is 2. The Labute approximate surface area is 333 Å².